The number of pyridine rings is 2. The van der Waals surface area contributed by atoms with Crippen LogP contribution >= 0.6 is 11.6 Å². The zero-order chi connectivity index (χ0) is 27.4. The molecule has 0 spiro atoms. The predicted octanol–water partition coefficient (Wildman–Crippen LogP) is 3.62. The van der Waals surface area contributed by atoms with Gasteiger partial charge in [-0.2, -0.15) is 13.2 Å². The van der Waals surface area contributed by atoms with Gasteiger partial charge in [0.05, 0.1) is 11.5 Å². The number of hydrogen-bond acceptors (Lipinski definition) is 5. The summed E-state index contributed by atoms with van der Waals surface area (Å²) in [6.45, 7) is 1.75. The minimum Gasteiger partial charge on any atom is -0.391 e. The largest absolute Gasteiger partial charge is 0.422 e. The van der Waals surface area contributed by atoms with Gasteiger partial charge in [-0.05, 0) is 6.07 Å². The number of nitrogens with zero attached hydrogens (tertiary/aromatic N) is 3. The smallest absolute Gasteiger partial charge is 0.391 e. The van der Waals surface area contributed by atoms with Crippen molar-refractivity contribution in [3.05, 3.63) is 63.5 Å². The Balaban J connectivity index is 1.99. The Kier molecular flexibility index (Phi) is 6.84. The Morgan fingerprint density at radius 1 is 1.14 bits per heavy atom. The van der Waals surface area contributed by atoms with Crippen molar-refractivity contribution >= 4 is 34.4 Å². The van der Waals surface area contributed by atoms with Crippen LogP contribution < -0.4 is 15.6 Å². The normalized spacial score (nSPS) is 18.9. The second-order valence-corrected chi connectivity index (χ2v) is 8.89. The molecule has 0 radical (unpaired) electrons. The van der Waals surface area contributed by atoms with Crippen molar-refractivity contribution in [3.8, 4) is 5.69 Å². The summed E-state index contributed by atoms with van der Waals surface area (Å²) in [5.41, 5.74) is -6.95. The van der Waals surface area contributed by atoms with Crippen molar-refractivity contribution in [1.29, 1.82) is 0 Å². The molecule has 15 heteroatoms. The molecule has 0 bridgehead atoms. The monoisotopic (exact) mass is 552 g/mol. The van der Waals surface area contributed by atoms with Crippen LogP contribution in [0.2, 0.25) is 0 Å². The third kappa shape index (κ3) is 4.94. The molecule has 37 heavy (non-hydrogen) atoms. The maximum atomic E-state index is 15.0. The van der Waals surface area contributed by atoms with Crippen LogP contribution in [0.4, 0.5) is 36.6 Å². The van der Waals surface area contributed by atoms with Crippen molar-refractivity contribution in [2.24, 2.45) is 5.92 Å². The first-order valence-corrected chi connectivity index (χ1v) is 11.0. The summed E-state index contributed by atoms with van der Waals surface area (Å²) >= 11 is 5.11. The van der Waals surface area contributed by atoms with Crippen LogP contribution in [0.5, 0.6) is 0 Å². The highest BCUT2D eigenvalue weighted by molar-refractivity contribution is 6.22. The number of carbonyl (C=O) groups excluding carboxylic acids is 1. The first kappa shape index (κ1) is 26.7. The number of aromatic nitrogens is 2. The summed E-state index contributed by atoms with van der Waals surface area (Å²) in [4.78, 5) is 30.8. The number of aliphatic hydroxyl groups excluding tert-OH is 1. The third-order valence-corrected chi connectivity index (χ3v) is 6.15. The highest BCUT2D eigenvalue weighted by Crippen LogP contribution is 2.30. The van der Waals surface area contributed by atoms with Crippen LogP contribution in [0, 0.1) is 29.2 Å². The lowest BCUT2D eigenvalue weighted by Gasteiger charge is -2.20. The van der Waals surface area contributed by atoms with Gasteiger partial charge in [-0.15, -0.1) is 0 Å². The average molecular weight is 553 g/mol. The number of fused-ring (bicyclic) bond motifs is 1. The van der Waals surface area contributed by atoms with Gasteiger partial charge in [0, 0.05) is 37.3 Å². The van der Waals surface area contributed by atoms with E-state index in [0.29, 0.717) is 16.8 Å². The SMILES string of the molecule is C[C@@H]1CN(c2nc3c(cc2F)c(=O)c(C(=O)N[C@H](Cl)C(F)(F)F)cn3-c2c(F)cc(F)cc2F)C[C@H]1O. The van der Waals surface area contributed by atoms with E-state index in [9.17, 15) is 41.0 Å². The van der Waals surface area contributed by atoms with Crippen LogP contribution in [-0.2, 0) is 0 Å². The van der Waals surface area contributed by atoms with E-state index in [1.807, 2.05) is 0 Å². The van der Waals surface area contributed by atoms with Gasteiger partial charge in [-0.1, -0.05) is 18.5 Å². The molecular formula is C22H16ClF7N4O3. The van der Waals surface area contributed by atoms with Crippen LogP contribution in [0.15, 0.2) is 29.2 Å². The number of amides is 1. The summed E-state index contributed by atoms with van der Waals surface area (Å²) in [5.74, 6) is -7.83. The van der Waals surface area contributed by atoms with Gasteiger partial charge in [0.2, 0.25) is 10.9 Å². The van der Waals surface area contributed by atoms with Gasteiger partial charge >= 0.3 is 6.18 Å². The van der Waals surface area contributed by atoms with Crippen LogP contribution in [-0.4, -0.2) is 51.4 Å². The number of halogens is 8. The number of nitrogens with one attached hydrogen (secondary N) is 1. The highest BCUT2D eigenvalue weighted by atomic mass is 35.5. The quantitative estimate of drug-likeness (QED) is 0.293. The Morgan fingerprint density at radius 2 is 1.76 bits per heavy atom. The lowest BCUT2D eigenvalue weighted by Crippen LogP contribution is -2.43. The molecule has 1 fully saturated rings. The maximum Gasteiger partial charge on any atom is 0.422 e. The number of anilines is 1. The number of aliphatic hydroxyl groups is 1. The van der Waals surface area contributed by atoms with Gasteiger partial charge in [0.25, 0.3) is 5.91 Å². The molecule has 3 aromatic rings. The molecule has 2 N–H and O–H groups in total. The Labute approximate surface area is 208 Å². The number of hydrogen-bond donors (Lipinski definition) is 2. The van der Waals surface area contributed by atoms with Crippen LogP contribution in [0.1, 0.15) is 17.3 Å². The van der Waals surface area contributed by atoms with E-state index >= 15 is 4.39 Å². The summed E-state index contributed by atoms with van der Waals surface area (Å²) in [6, 6.07) is 1.16. The average Bonchev–Trinajstić information content (AvgIpc) is 3.11. The summed E-state index contributed by atoms with van der Waals surface area (Å²) < 4.78 is 97.0. The van der Waals surface area contributed by atoms with Crippen molar-refractivity contribution in [3.63, 3.8) is 0 Å². The molecule has 1 aliphatic heterocycles. The minimum absolute atomic E-state index is 0.0604. The number of alkyl halides is 4. The lowest BCUT2D eigenvalue weighted by molar-refractivity contribution is -0.134. The van der Waals surface area contributed by atoms with Gasteiger partial charge in [0.15, 0.2) is 28.9 Å². The summed E-state index contributed by atoms with van der Waals surface area (Å²) in [7, 11) is 0. The van der Waals surface area contributed by atoms with E-state index in [2.05, 4.69) is 4.98 Å². The second kappa shape index (κ2) is 9.49. The third-order valence-electron chi connectivity index (χ3n) is 5.80. The van der Waals surface area contributed by atoms with Gasteiger partial charge in [-0.3, -0.25) is 14.2 Å². The number of rotatable bonds is 4. The lowest BCUT2D eigenvalue weighted by atomic mass is 10.1. The number of β-amino-alcohol motifs (C(OH)–C–C–N with tert-alkyl or cyclic N) is 1. The zero-order valence-corrected chi connectivity index (χ0v) is 19.3. The van der Waals surface area contributed by atoms with E-state index in [0.717, 1.165) is 0 Å². The Morgan fingerprint density at radius 3 is 2.30 bits per heavy atom. The highest BCUT2D eigenvalue weighted by Gasteiger charge is 2.40. The van der Waals surface area contributed by atoms with Crippen molar-refractivity contribution in [2.45, 2.75) is 24.7 Å². The van der Waals surface area contributed by atoms with E-state index < -0.39 is 80.5 Å². The molecule has 3 atom stereocenters. The Bertz CT molecular complexity index is 1430. The fourth-order valence-electron chi connectivity index (χ4n) is 3.93. The van der Waals surface area contributed by atoms with E-state index in [1.165, 1.54) is 10.2 Å². The summed E-state index contributed by atoms with van der Waals surface area (Å²) in [5, 5.41) is 10.6. The van der Waals surface area contributed by atoms with Crippen molar-refractivity contribution in [2.75, 3.05) is 18.0 Å². The minimum atomic E-state index is -5.11. The standard InChI is InChI=1S/C22H16ClF7N4O3/c1-8-5-33(7-15(8)35)19-14(27)4-10-17(36)11(20(37)32-21(23)22(28,29)30)6-34(18(10)31-19)16-12(25)2-9(24)3-13(16)26/h2-4,6,8,15,21,35H,5,7H2,1H3,(H,32,37)/t8-,15-,21+/m1/s1. The molecule has 7 nitrogen and oxygen atoms in total. The zero-order valence-electron chi connectivity index (χ0n) is 18.6. The summed E-state index contributed by atoms with van der Waals surface area (Å²) in [6.07, 6.45) is -5.47. The van der Waals surface area contributed by atoms with Crippen molar-refractivity contribution < 1.29 is 40.6 Å². The molecule has 0 aliphatic carbocycles. The van der Waals surface area contributed by atoms with E-state index in [-0.39, 0.29) is 31.1 Å². The van der Waals surface area contributed by atoms with Crippen LogP contribution in [0.25, 0.3) is 16.7 Å². The number of benzene rings is 1. The Hall–Kier alpha value is -3.39. The molecule has 198 valence electrons. The van der Waals surface area contributed by atoms with Gasteiger partial charge < -0.3 is 15.3 Å². The first-order valence-electron chi connectivity index (χ1n) is 10.5. The molecule has 3 heterocycles. The number of carbonyl (C=O) groups is 1. The molecule has 1 saturated heterocycles. The van der Waals surface area contributed by atoms with Gasteiger partial charge in [0.1, 0.15) is 17.1 Å². The van der Waals surface area contributed by atoms with Crippen molar-refractivity contribution in [1.82, 2.24) is 14.9 Å². The molecule has 1 aliphatic rings. The molecular weight excluding hydrogens is 537 g/mol. The van der Waals surface area contributed by atoms with Crippen LogP contribution in [0.3, 0.4) is 0 Å². The molecule has 0 saturated carbocycles. The maximum absolute atomic E-state index is 15.0. The predicted molar refractivity (Wildman–Crippen MR) is 118 cm³/mol. The fraction of sp³-hybridized carbons (Fsp3) is 0.318. The molecule has 2 aromatic heterocycles. The second-order valence-electron chi connectivity index (χ2n) is 8.45. The fourth-order valence-corrected chi connectivity index (χ4v) is 4.03. The molecule has 1 aromatic carbocycles. The van der Waals surface area contributed by atoms with E-state index in [4.69, 9.17) is 11.6 Å². The molecule has 1 amide bonds. The topological polar surface area (TPSA) is 87.5 Å². The molecule has 0 unspecified atom stereocenters. The van der Waals surface area contributed by atoms with E-state index in [1.54, 1.807) is 6.92 Å². The molecule has 4 rings (SSSR count). The van der Waals surface area contributed by atoms with Gasteiger partial charge in [-0.25, -0.2) is 22.5 Å². The first-order chi connectivity index (χ1) is 17.2.